The van der Waals surface area contributed by atoms with Crippen molar-refractivity contribution in [1.82, 2.24) is 5.32 Å². The van der Waals surface area contributed by atoms with Gasteiger partial charge in [0.1, 0.15) is 22.9 Å². The van der Waals surface area contributed by atoms with Gasteiger partial charge in [0.15, 0.2) is 0 Å². The van der Waals surface area contributed by atoms with Gasteiger partial charge < -0.3 is 15.2 Å². The summed E-state index contributed by atoms with van der Waals surface area (Å²) in [4.78, 5) is 24.0. The van der Waals surface area contributed by atoms with E-state index in [1.807, 2.05) is 0 Å². The van der Waals surface area contributed by atoms with E-state index >= 15 is 0 Å². The second-order valence-corrected chi connectivity index (χ2v) is 6.19. The van der Waals surface area contributed by atoms with Crippen LogP contribution < -0.4 is 5.32 Å². The molecule has 0 spiro atoms. The van der Waals surface area contributed by atoms with E-state index in [2.05, 4.69) is 10.1 Å². The Labute approximate surface area is 165 Å². The lowest BCUT2D eigenvalue weighted by molar-refractivity contribution is 0.0596. The number of nitrogens with one attached hydrogen (secondary N) is 1. The highest BCUT2D eigenvalue weighted by atomic mass is 19.1. The molecule has 7 heteroatoms. The molecule has 0 heterocycles. The quantitative estimate of drug-likeness (QED) is 0.637. The van der Waals surface area contributed by atoms with E-state index < -0.39 is 23.5 Å². The van der Waals surface area contributed by atoms with Crippen LogP contribution in [0, 0.1) is 11.6 Å². The molecule has 5 nitrogen and oxygen atoms in total. The molecule has 0 aliphatic rings. The van der Waals surface area contributed by atoms with Crippen molar-refractivity contribution in [3.8, 4) is 16.9 Å². The Bertz CT molecular complexity index is 1080. The summed E-state index contributed by atoms with van der Waals surface area (Å²) in [6.45, 7) is -0.0897. The highest BCUT2D eigenvalue weighted by Crippen LogP contribution is 2.28. The molecule has 0 fully saturated rings. The summed E-state index contributed by atoms with van der Waals surface area (Å²) in [7, 11) is 1.14. The number of esters is 1. The fraction of sp³-hybridized carbons (Fsp3) is 0.0909. The minimum absolute atomic E-state index is 0.0512. The van der Waals surface area contributed by atoms with E-state index in [0.717, 1.165) is 19.2 Å². The van der Waals surface area contributed by atoms with Gasteiger partial charge in [-0.05, 0) is 41.5 Å². The smallest absolute Gasteiger partial charge is 0.341 e. The number of halogens is 2. The zero-order valence-electron chi connectivity index (χ0n) is 15.4. The monoisotopic (exact) mass is 397 g/mol. The molecule has 148 valence electrons. The van der Waals surface area contributed by atoms with Crippen molar-refractivity contribution in [2.24, 2.45) is 0 Å². The number of phenols is 1. The van der Waals surface area contributed by atoms with Crippen molar-refractivity contribution in [3.63, 3.8) is 0 Å². The van der Waals surface area contributed by atoms with E-state index in [9.17, 15) is 23.5 Å². The zero-order chi connectivity index (χ0) is 21.0. The Balaban J connectivity index is 1.82. The highest BCUT2D eigenvalue weighted by Gasteiger charge is 2.19. The molecular formula is C22H17F2NO4. The van der Waals surface area contributed by atoms with Gasteiger partial charge in [-0.2, -0.15) is 0 Å². The maximum atomic E-state index is 14.6. The SMILES string of the molecule is COC(=O)c1c(F)cccc1-c1ccc(CNC(=O)c2cccc(O)c2)c(F)c1. The summed E-state index contributed by atoms with van der Waals surface area (Å²) in [6.07, 6.45) is 0. The van der Waals surface area contributed by atoms with Gasteiger partial charge in [-0.15, -0.1) is 0 Å². The number of phenolic OH excluding ortho intramolecular Hbond substituents is 1. The second kappa shape index (κ2) is 8.52. The third-order valence-corrected chi connectivity index (χ3v) is 4.31. The number of hydrogen-bond acceptors (Lipinski definition) is 4. The van der Waals surface area contributed by atoms with Gasteiger partial charge in [-0.25, -0.2) is 13.6 Å². The van der Waals surface area contributed by atoms with Gasteiger partial charge in [-0.3, -0.25) is 4.79 Å². The number of amides is 1. The minimum Gasteiger partial charge on any atom is -0.508 e. The van der Waals surface area contributed by atoms with E-state index in [4.69, 9.17) is 0 Å². The Morgan fingerprint density at radius 3 is 2.45 bits per heavy atom. The van der Waals surface area contributed by atoms with Crippen molar-refractivity contribution in [2.45, 2.75) is 6.54 Å². The number of carbonyl (C=O) groups is 2. The largest absolute Gasteiger partial charge is 0.508 e. The first-order valence-corrected chi connectivity index (χ1v) is 8.63. The van der Waals surface area contributed by atoms with Crippen molar-refractivity contribution in [3.05, 3.63) is 89.0 Å². The van der Waals surface area contributed by atoms with Crippen LogP contribution in [0.3, 0.4) is 0 Å². The van der Waals surface area contributed by atoms with Gasteiger partial charge in [0.2, 0.25) is 0 Å². The molecule has 0 aliphatic heterocycles. The van der Waals surface area contributed by atoms with Gasteiger partial charge in [0.05, 0.1) is 7.11 Å². The lowest BCUT2D eigenvalue weighted by atomic mass is 9.98. The topological polar surface area (TPSA) is 75.6 Å². The zero-order valence-corrected chi connectivity index (χ0v) is 15.4. The van der Waals surface area contributed by atoms with E-state index in [1.54, 1.807) is 0 Å². The molecule has 0 atom stereocenters. The maximum Gasteiger partial charge on any atom is 0.341 e. The second-order valence-electron chi connectivity index (χ2n) is 6.19. The molecule has 0 saturated heterocycles. The average molecular weight is 397 g/mol. The number of carbonyl (C=O) groups excluding carboxylic acids is 2. The first-order chi connectivity index (χ1) is 13.9. The summed E-state index contributed by atoms with van der Waals surface area (Å²) in [5, 5.41) is 12.0. The number of aromatic hydroxyl groups is 1. The summed E-state index contributed by atoms with van der Waals surface area (Å²) in [5.74, 6) is -2.77. The van der Waals surface area contributed by atoms with Crippen LogP contribution >= 0.6 is 0 Å². The molecule has 29 heavy (non-hydrogen) atoms. The Morgan fingerprint density at radius 1 is 1.00 bits per heavy atom. The molecule has 2 N–H and O–H groups in total. The molecular weight excluding hydrogens is 380 g/mol. The number of benzene rings is 3. The van der Waals surface area contributed by atoms with E-state index in [0.29, 0.717) is 5.56 Å². The lowest BCUT2D eigenvalue weighted by Crippen LogP contribution is -2.23. The third kappa shape index (κ3) is 4.40. The Morgan fingerprint density at radius 2 is 1.76 bits per heavy atom. The molecule has 0 unspecified atom stereocenters. The number of hydrogen-bond donors (Lipinski definition) is 2. The molecule has 3 aromatic carbocycles. The molecule has 0 aromatic heterocycles. The predicted octanol–water partition coefficient (Wildman–Crippen LogP) is 4.05. The predicted molar refractivity (Wildman–Crippen MR) is 102 cm³/mol. The number of methoxy groups -OCH3 is 1. The summed E-state index contributed by atoms with van der Waals surface area (Å²) >= 11 is 0. The first kappa shape index (κ1) is 20.0. The van der Waals surface area contributed by atoms with Crippen LogP contribution in [0.15, 0.2) is 60.7 Å². The van der Waals surface area contributed by atoms with Crippen LogP contribution in [0.5, 0.6) is 5.75 Å². The average Bonchev–Trinajstić information content (AvgIpc) is 2.71. The van der Waals surface area contributed by atoms with Crippen LogP contribution in [0.2, 0.25) is 0 Å². The van der Waals surface area contributed by atoms with Gasteiger partial charge >= 0.3 is 5.97 Å². The van der Waals surface area contributed by atoms with Crippen molar-refractivity contribution < 1.29 is 28.2 Å². The van der Waals surface area contributed by atoms with Crippen LogP contribution in [0.4, 0.5) is 8.78 Å². The Kier molecular flexibility index (Phi) is 5.87. The molecule has 0 saturated carbocycles. The van der Waals surface area contributed by atoms with Crippen molar-refractivity contribution >= 4 is 11.9 Å². The van der Waals surface area contributed by atoms with Gasteiger partial charge in [0, 0.05) is 17.7 Å². The van der Waals surface area contributed by atoms with Crippen molar-refractivity contribution in [2.75, 3.05) is 7.11 Å². The molecule has 0 bridgehead atoms. The van der Waals surface area contributed by atoms with Crippen LogP contribution in [-0.4, -0.2) is 24.1 Å². The fourth-order valence-corrected chi connectivity index (χ4v) is 2.86. The summed E-state index contributed by atoms with van der Waals surface area (Å²) in [5.41, 5.74) is 0.665. The standard InChI is InChI=1S/C22H17F2NO4/c1-29-22(28)20-17(6-3-7-18(20)23)13-8-9-15(19(24)11-13)12-25-21(27)14-4-2-5-16(26)10-14/h2-11,26H,12H2,1H3,(H,25,27). The Hall–Kier alpha value is -3.74. The van der Waals surface area contributed by atoms with Crippen molar-refractivity contribution in [1.29, 1.82) is 0 Å². The summed E-state index contributed by atoms with van der Waals surface area (Å²) in [6, 6.07) is 13.9. The highest BCUT2D eigenvalue weighted by molar-refractivity contribution is 5.97. The maximum absolute atomic E-state index is 14.6. The first-order valence-electron chi connectivity index (χ1n) is 8.63. The fourth-order valence-electron chi connectivity index (χ4n) is 2.86. The molecule has 3 aromatic rings. The van der Waals surface area contributed by atoms with Crippen LogP contribution in [-0.2, 0) is 11.3 Å². The molecule has 3 rings (SSSR count). The molecule has 1 amide bonds. The van der Waals surface area contributed by atoms with Gasteiger partial charge in [-0.1, -0.05) is 30.3 Å². The molecule has 0 aliphatic carbocycles. The van der Waals surface area contributed by atoms with E-state index in [1.165, 1.54) is 48.5 Å². The van der Waals surface area contributed by atoms with Crippen LogP contribution in [0.1, 0.15) is 26.3 Å². The number of ether oxygens (including phenoxy) is 1. The third-order valence-electron chi connectivity index (χ3n) is 4.31. The normalized spacial score (nSPS) is 10.4. The minimum atomic E-state index is -0.860. The molecule has 0 radical (unpaired) electrons. The van der Waals surface area contributed by atoms with E-state index in [-0.39, 0.29) is 34.5 Å². The van der Waals surface area contributed by atoms with Crippen LogP contribution in [0.25, 0.3) is 11.1 Å². The van der Waals surface area contributed by atoms with Gasteiger partial charge in [0.25, 0.3) is 5.91 Å². The number of rotatable bonds is 5. The summed E-state index contributed by atoms with van der Waals surface area (Å²) < 4.78 is 33.3. The lowest BCUT2D eigenvalue weighted by Gasteiger charge is -2.11.